The van der Waals surface area contributed by atoms with E-state index in [0.29, 0.717) is 34.2 Å². The SMILES string of the molecule is O=C(O)[C@H]1CCCN1c1cc(-c2cn[nH]c2)nc2c(Cl)c(Cl)ccc12. The Morgan fingerprint density at radius 1 is 1.36 bits per heavy atom. The Morgan fingerprint density at radius 3 is 2.92 bits per heavy atom. The molecular weight excluding hydrogens is 363 g/mol. The molecular formula is C17H14Cl2N4O2. The average molecular weight is 377 g/mol. The second-order valence-corrected chi connectivity index (χ2v) is 6.75. The van der Waals surface area contributed by atoms with Crippen LogP contribution in [0.15, 0.2) is 30.6 Å². The van der Waals surface area contributed by atoms with Crippen molar-refractivity contribution in [1.82, 2.24) is 15.2 Å². The summed E-state index contributed by atoms with van der Waals surface area (Å²) >= 11 is 12.5. The number of nitrogens with zero attached hydrogens (tertiary/aromatic N) is 3. The van der Waals surface area contributed by atoms with Crippen LogP contribution in [-0.4, -0.2) is 38.8 Å². The van der Waals surface area contributed by atoms with Gasteiger partial charge in [-0.15, -0.1) is 0 Å². The number of carboxylic acids is 1. The van der Waals surface area contributed by atoms with Crippen molar-refractivity contribution in [3.05, 3.63) is 40.6 Å². The number of halogens is 2. The van der Waals surface area contributed by atoms with Crippen LogP contribution in [0.2, 0.25) is 10.0 Å². The molecule has 0 radical (unpaired) electrons. The van der Waals surface area contributed by atoms with Gasteiger partial charge in [-0.05, 0) is 31.0 Å². The number of H-pyrrole nitrogens is 1. The summed E-state index contributed by atoms with van der Waals surface area (Å²) < 4.78 is 0. The van der Waals surface area contributed by atoms with Crippen molar-refractivity contribution in [1.29, 1.82) is 0 Å². The molecule has 3 heterocycles. The molecule has 0 spiro atoms. The van der Waals surface area contributed by atoms with Crippen molar-refractivity contribution in [2.75, 3.05) is 11.4 Å². The minimum atomic E-state index is -0.826. The van der Waals surface area contributed by atoms with E-state index < -0.39 is 12.0 Å². The Hall–Kier alpha value is -2.31. The van der Waals surface area contributed by atoms with Crippen molar-refractivity contribution in [3.8, 4) is 11.3 Å². The topological polar surface area (TPSA) is 82.1 Å². The highest BCUT2D eigenvalue weighted by Crippen LogP contribution is 2.39. The third kappa shape index (κ3) is 2.71. The van der Waals surface area contributed by atoms with E-state index >= 15 is 0 Å². The first-order chi connectivity index (χ1) is 12.1. The van der Waals surface area contributed by atoms with Crippen LogP contribution < -0.4 is 4.90 Å². The molecule has 3 aromatic rings. The number of anilines is 1. The molecule has 2 aromatic heterocycles. The summed E-state index contributed by atoms with van der Waals surface area (Å²) in [6.07, 6.45) is 4.83. The van der Waals surface area contributed by atoms with Crippen LogP contribution in [0, 0.1) is 0 Å². The van der Waals surface area contributed by atoms with Crippen LogP contribution in [0.5, 0.6) is 0 Å². The van der Waals surface area contributed by atoms with Crippen molar-refractivity contribution >= 4 is 45.8 Å². The van der Waals surface area contributed by atoms with Gasteiger partial charge in [0.25, 0.3) is 0 Å². The molecule has 0 bridgehead atoms. The lowest BCUT2D eigenvalue weighted by Gasteiger charge is -2.26. The maximum Gasteiger partial charge on any atom is 0.326 e. The zero-order valence-corrected chi connectivity index (χ0v) is 14.6. The number of carbonyl (C=O) groups is 1. The highest BCUT2D eigenvalue weighted by Gasteiger charge is 2.32. The summed E-state index contributed by atoms with van der Waals surface area (Å²) in [4.78, 5) is 18.2. The highest BCUT2D eigenvalue weighted by atomic mass is 35.5. The molecule has 1 atom stereocenters. The summed E-state index contributed by atoms with van der Waals surface area (Å²) in [5.74, 6) is -0.826. The summed E-state index contributed by atoms with van der Waals surface area (Å²) in [7, 11) is 0. The molecule has 1 aromatic carbocycles. The Bertz CT molecular complexity index is 959. The van der Waals surface area contributed by atoms with E-state index in [1.54, 1.807) is 18.5 Å². The van der Waals surface area contributed by atoms with Gasteiger partial charge in [-0.25, -0.2) is 9.78 Å². The van der Waals surface area contributed by atoms with E-state index in [9.17, 15) is 9.90 Å². The van der Waals surface area contributed by atoms with E-state index in [1.165, 1.54) is 0 Å². The first-order valence-corrected chi connectivity index (χ1v) is 8.59. The zero-order chi connectivity index (χ0) is 17.6. The molecule has 2 N–H and O–H groups in total. The average Bonchev–Trinajstić information content (AvgIpc) is 3.28. The van der Waals surface area contributed by atoms with Gasteiger partial charge < -0.3 is 10.0 Å². The van der Waals surface area contributed by atoms with E-state index in [2.05, 4.69) is 15.2 Å². The largest absolute Gasteiger partial charge is 0.480 e. The van der Waals surface area contributed by atoms with Crippen molar-refractivity contribution in [3.63, 3.8) is 0 Å². The molecule has 0 aliphatic carbocycles. The number of carboxylic acid groups (broad SMARTS) is 1. The lowest BCUT2D eigenvalue weighted by molar-refractivity contribution is -0.138. The number of hydrogen-bond donors (Lipinski definition) is 2. The minimum absolute atomic E-state index is 0.358. The number of aromatic nitrogens is 3. The second-order valence-electron chi connectivity index (χ2n) is 5.96. The maximum atomic E-state index is 11.6. The number of fused-ring (bicyclic) bond motifs is 1. The maximum absolute atomic E-state index is 11.6. The number of nitrogens with one attached hydrogen (secondary N) is 1. The Labute approximate surface area is 153 Å². The fourth-order valence-electron chi connectivity index (χ4n) is 3.30. The number of aromatic amines is 1. The molecule has 128 valence electrons. The molecule has 25 heavy (non-hydrogen) atoms. The fraction of sp³-hybridized carbons (Fsp3) is 0.235. The van der Waals surface area contributed by atoms with Crippen molar-refractivity contribution in [2.24, 2.45) is 0 Å². The standard InChI is InChI=1S/C17H14Cl2N4O2/c18-11-4-3-10-14(23-5-1-2-13(23)17(24)25)6-12(9-7-20-21-8-9)22-16(10)15(11)19/h3-4,6-8,13H,1-2,5H2,(H,20,21)(H,24,25)/t13-/m1/s1. The predicted octanol–water partition coefficient (Wildman–Crippen LogP) is 3.99. The van der Waals surface area contributed by atoms with Gasteiger partial charge in [-0.2, -0.15) is 5.10 Å². The molecule has 6 nitrogen and oxygen atoms in total. The smallest absolute Gasteiger partial charge is 0.326 e. The van der Waals surface area contributed by atoms with Gasteiger partial charge in [0.1, 0.15) is 6.04 Å². The second kappa shape index (κ2) is 6.20. The van der Waals surface area contributed by atoms with Crippen LogP contribution in [0.25, 0.3) is 22.2 Å². The molecule has 0 amide bonds. The molecule has 1 saturated heterocycles. The molecule has 0 saturated carbocycles. The molecule has 1 fully saturated rings. The summed E-state index contributed by atoms with van der Waals surface area (Å²) in [5, 5.41) is 17.8. The summed E-state index contributed by atoms with van der Waals surface area (Å²) in [6.45, 7) is 0.668. The third-order valence-corrected chi connectivity index (χ3v) is 5.29. The fourth-order valence-corrected chi connectivity index (χ4v) is 3.66. The van der Waals surface area contributed by atoms with Crippen LogP contribution in [0.4, 0.5) is 5.69 Å². The number of aliphatic carboxylic acids is 1. The van der Waals surface area contributed by atoms with E-state index in [4.69, 9.17) is 23.2 Å². The third-order valence-electron chi connectivity index (χ3n) is 4.49. The monoisotopic (exact) mass is 376 g/mol. The Morgan fingerprint density at radius 2 is 2.20 bits per heavy atom. The van der Waals surface area contributed by atoms with Crippen molar-refractivity contribution < 1.29 is 9.90 Å². The van der Waals surface area contributed by atoms with E-state index in [0.717, 1.165) is 23.1 Å². The molecule has 4 rings (SSSR count). The Balaban J connectivity index is 1.99. The van der Waals surface area contributed by atoms with Crippen LogP contribution in [0.3, 0.4) is 0 Å². The van der Waals surface area contributed by atoms with Gasteiger partial charge in [0.2, 0.25) is 0 Å². The van der Waals surface area contributed by atoms with Gasteiger partial charge in [0.05, 0.1) is 27.5 Å². The predicted molar refractivity (Wildman–Crippen MR) is 97.3 cm³/mol. The number of benzene rings is 1. The van der Waals surface area contributed by atoms with Gasteiger partial charge >= 0.3 is 5.97 Å². The van der Waals surface area contributed by atoms with Gasteiger partial charge in [0.15, 0.2) is 0 Å². The van der Waals surface area contributed by atoms with E-state index in [1.807, 2.05) is 17.0 Å². The zero-order valence-electron chi connectivity index (χ0n) is 13.0. The minimum Gasteiger partial charge on any atom is -0.480 e. The number of rotatable bonds is 3. The summed E-state index contributed by atoms with van der Waals surface area (Å²) in [5.41, 5.74) is 2.81. The first kappa shape index (κ1) is 16.2. The van der Waals surface area contributed by atoms with Gasteiger partial charge in [-0.3, -0.25) is 5.10 Å². The van der Waals surface area contributed by atoms with Crippen molar-refractivity contribution in [2.45, 2.75) is 18.9 Å². The van der Waals surface area contributed by atoms with Crippen LogP contribution in [-0.2, 0) is 4.79 Å². The number of pyridine rings is 1. The quantitative estimate of drug-likeness (QED) is 0.722. The summed E-state index contributed by atoms with van der Waals surface area (Å²) in [6, 6.07) is 4.87. The van der Waals surface area contributed by atoms with Crippen LogP contribution >= 0.6 is 23.2 Å². The molecule has 1 aliphatic heterocycles. The highest BCUT2D eigenvalue weighted by molar-refractivity contribution is 6.45. The van der Waals surface area contributed by atoms with Gasteiger partial charge in [0, 0.05) is 29.4 Å². The Kier molecular flexibility index (Phi) is 4.01. The lowest BCUT2D eigenvalue weighted by atomic mass is 10.1. The first-order valence-electron chi connectivity index (χ1n) is 7.83. The molecule has 8 heteroatoms. The normalized spacial score (nSPS) is 17.4. The molecule has 1 aliphatic rings. The van der Waals surface area contributed by atoms with Gasteiger partial charge in [-0.1, -0.05) is 23.2 Å². The van der Waals surface area contributed by atoms with Crippen LogP contribution in [0.1, 0.15) is 12.8 Å². The molecule has 0 unspecified atom stereocenters. The number of hydrogen-bond acceptors (Lipinski definition) is 4. The lowest BCUT2D eigenvalue weighted by Crippen LogP contribution is -2.36. The van der Waals surface area contributed by atoms with E-state index in [-0.39, 0.29) is 0 Å².